The molecule has 2 aliphatic rings. The summed E-state index contributed by atoms with van der Waals surface area (Å²) in [6.45, 7) is 0.405. The van der Waals surface area contributed by atoms with E-state index < -0.39 is 0 Å². The van der Waals surface area contributed by atoms with Crippen LogP contribution < -0.4 is 15.0 Å². The summed E-state index contributed by atoms with van der Waals surface area (Å²) in [6, 6.07) is 17.5. The van der Waals surface area contributed by atoms with E-state index in [1.165, 1.54) is 0 Å². The highest BCUT2D eigenvalue weighted by Gasteiger charge is 2.43. The number of anilines is 1. The minimum absolute atomic E-state index is 0.0224. The molecule has 2 amide bonds. The van der Waals surface area contributed by atoms with Crippen molar-refractivity contribution in [3.05, 3.63) is 60.2 Å². The van der Waals surface area contributed by atoms with Crippen molar-refractivity contribution in [2.45, 2.75) is 31.2 Å². The van der Waals surface area contributed by atoms with E-state index in [1.54, 1.807) is 12.0 Å². The molecule has 0 aromatic heterocycles. The van der Waals surface area contributed by atoms with Crippen molar-refractivity contribution < 1.29 is 14.3 Å². The van der Waals surface area contributed by atoms with Gasteiger partial charge in [0.1, 0.15) is 5.75 Å². The molecule has 1 aliphatic carbocycles. The molecule has 2 aromatic rings. The van der Waals surface area contributed by atoms with Gasteiger partial charge in [-0.15, -0.1) is 0 Å². The molecule has 4 rings (SSSR count). The van der Waals surface area contributed by atoms with E-state index in [4.69, 9.17) is 4.74 Å². The average molecular weight is 364 g/mol. The zero-order chi connectivity index (χ0) is 18.9. The first-order valence-corrected chi connectivity index (χ1v) is 9.43. The summed E-state index contributed by atoms with van der Waals surface area (Å²) in [5, 5.41) is 3.26. The standard InChI is InChI=1S/C22H24N2O3/c1-27-19-10-5-9-18(14-19)24-15-16(13-20(24)25)21(26)23-22(11-6-12-22)17-7-3-2-4-8-17/h2-5,7-10,14,16H,6,11-13,15H2,1H3,(H,23,26). The molecule has 5 nitrogen and oxygen atoms in total. The van der Waals surface area contributed by atoms with E-state index in [0.717, 1.165) is 30.5 Å². The molecule has 0 radical (unpaired) electrons. The highest BCUT2D eigenvalue weighted by molar-refractivity contribution is 6.00. The molecule has 1 saturated heterocycles. The molecule has 2 aromatic carbocycles. The first kappa shape index (κ1) is 17.6. The summed E-state index contributed by atoms with van der Waals surface area (Å²) in [5.41, 5.74) is 1.65. The number of nitrogens with zero attached hydrogens (tertiary/aromatic N) is 1. The predicted octanol–water partition coefficient (Wildman–Crippen LogP) is 3.24. The van der Waals surface area contributed by atoms with Gasteiger partial charge in [0.15, 0.2) is 0 Å². The van der Waals surface area contributed by atoms with Crippen LogP contribution >= 0.6 is 0 Å². The third kappa shape index (κ3) is 3.29. The maximum absolute atomic E-state index is 13.0. The molecular weight excluding hydrogens is 340 g/mol. The molecule has 0 bridgehead atoms. The van der Waals surface area contributed by atoms with Gasteiger partial charge in [-0.3, -0.25) is 9.59 Å². The van der Waals surface area contributed by atoms with E-state index in [-0.39, 0.29) is 29.7 Å². The van der Waals surface area contributed by atoms with Gasteiger partial charge in [0.25, 0.3) is 0 Å². The van der Waals surface area contributed by atoms with Gasteiger partial charge in [0.05, 0.1) is 18.6 Å². The Morgan fingerprint density at radius 1 is 1.15 bits per heavy atom. The van der Waals surface area contributed by atoms with Gasteiger partial charge in [0, 0.05) is 24.7 Å². The number of carbonyl (C=O) groups is 2. The lowest BCUT2D eigenvalue weighted by Crippen LogP contribution is -2.52. The van der Waals surface area contributed by atoms with Crippen LogP contribution in [0.2, 0.25) is 0 Å². The largest absolute Gasteiger partial charge is 0.497 e. The number of hydrogen-bond donors (Lipinski definition) is 1. The molecule has 0 spiro atoms. The maximum Gasteiger partial charge on any atom is 0.227 e. The highest BCUT2D eigenvalue weighted by atomic mass is 16.5. The Balaban J connectivity index is 1.48. The summed E-state index contributed by atoms with van der Waals surface area (Å²) in [4.78, 5) is 27.2. The van der Waals surface area contributed by atoms with Gasteiger partial charge in [-0.05, 0) is 37.0 Å². The first-order valence-electron chi connectivity index (χ1n) is 9.43. The van der Waals surface area contributed by atoms with Crippen molar-refractivity contribution in [2.24, 2.45) is 5.92 Å². The summed E-state index contributed by atoms with van der Waals surface area (Å²) < 4.78 is 5.24. The second-order valence-corrected chi connectivity index (χ2v) is 7.40. The molecule has 5 heteroatoms. The molecule has 1 heterocycles. The first-order chi connectivity index (χ1) is 13.1. The fraction of sp³-hybridized carbons (Fsp3) is 0.364. The number of ether oxygens (including phenoxy) is 1. The van der Waals surface area contributed by atoms with Crippen LogP contribution in [0.5, 0.6) is 5.75 Å². The number of carbonyl (C=O) groups excluding carboxylic acids is 2. The Bertz CT molecular complexity index is 846. The molecule has 1 unspecified atom stereocenters. The summed E-state index contributed by atoms with van der Waals surface area (Å²) in [6.07, 6.45) is 3.24. The van der Waals surface area contributed by atoms with Crippen LogP contribution in [0.4, 0.5) is 5.69 Å². The lowest BCUT2D eigenvalue weighted by Gasteiger charge is -2.43. The highest BCUT2D eigenvalue weighted by Crippen LogP contribution is 2.41. The molecule has 1 aliphatic heterocycles. The third-order valence-corrected chi connectivity index (χ3v) is 5.76. The monoisotopic (exact) mass is 364 g/mol. The zero-order valence-electron chi connectivity index (χ0n) is 15.5. The smallest absolute Gasteiger partial charge is 0.227 e. The maximum atomic E-state index is 13.0. The molecule has 140 valence electrons. The summed E-state index contributed by atoms with van der Waals surface area (Å²) >= 11 is 0. The lowest BCUT2D eigenvalue weighted by molar-refractivity contribution is -0.129. The Morgan fingerprint density at radius 2 is 1.93 bits per heavy atom. The van der Waals surface area contributed by atoms with Crippen molar-refractivity contribution in [3.8, 4) is 5.75 Å². The van der Waals surface area contributed by atoms with Crippen molar-refractivity contribution in [1.82, 2.24) is 5.32 Å². The second kappa shape index (κ2) is 7.06. The lowest BCUT2D eigenvalue weighted by atomic mass is 9.71. The number of methoxy groups -OCH3 is 1. The fourth-order valence-electron chi connectivity index (χ4n) is 4.02. The van der Waals surface area contributed by atoms with Crippen LogP contribution in [0.1, 0.15) is 31.2 Å². The zero-order valence-corrected chi connectivity index (χ0v) is 15.5. The van der Waals surface area contributed by atoms with Crippen molar-refractivity contribution in [2.75, 3.05) is 18.6 Å². The molecule has 2 fully saturated rings. The Morgan fingerprint density at radius 3 is 2.59 bits per heavy atom. The van der Waals surface area contributed by atoms with Crippen LogP contribution in [-0.2, 0) is 15.1 Å². The number of benzene rings is 2. The average Bonchev–Trinajstić information content (AvgIpc) is 3.07. The third-order valence-electron chi connectivity index (χ3n) is 5.76. The van der Waals surface area contributed by atoms with Gasteiger partial charge in [0.2, 0.25) is 11.8 Å². The minimum Gasteiger partial charge on any atom is -0.497 e. The molecule has 1 N–H and O–H groups in total. The molecule has 27 heavy (non-hydrogen) atoms. The van der Waals surface area contributed by atoms with Crippen LogP contribution in [0.25, 0.3) is 0 Å². The van der Waals surface area contributed by atoms with Crippen molar-refractivity contribution >= 4 is 17.5 Å². The Hall–Kier alpha value is -2.82. The van der Waals surface area contributed by atoms with E-state index in [1.807, 2.05) is 42.5 Å². The normalized spacial score (nSPS) is 20.9. The topological polar surface area (TPSA) is 58.6 Å². The van der Waals surface area contributed by atoms with Gasteiger partial charge < -0.3 is 15.0 Å². The fourth-order valence-corrected chi connectivity index (χ4v) is 4.02. The molecule has 1 atom stereocenters. The number of nitrogens with one attached hydrogen (secondary N) is 1. The van der Waals surface area contributed by atoms with E-state index in [2.05, 4.69) is 17.4 Å². The van der Waals surface area contributed by atoms with Gasteiger partial charge in [-0.25, -0.2) is 0 Å². The van der Waals surface area contributed by atoms with Gasteiger partial charge in [-0.2, -0.15) is 0 Å². The van der Waals surface area contributed by atoms with Crippen molar-refractivity contribution in [3.63, 3.8) is 0 Å². The second-order valence-electron chi connectivity index (χ2n) is 7.40. The minimum atomic E-state index is -0.329. The van der Waals surface area contributed by atoms with Crippen LogP contribution in [0.3, 0.4) is 0 Å². The van der Waals surface area contributed by atoms with Crippen LogP contribution in [0, 0.1) is 5.92 Å². The van der Waals surface area contributed by atoms with Gasteiger partial charge in [-0.1, -0.05) is 36.4 Å². The molecule has 1 saturated carbocycles. The van der Waals surface area contributed by atoms with Crippen LogP contribution in [-0.4, -0.2) is 25.5 Å². The van der Waals surface area contributed by atoms with E-state index >= 15 is 0 Å². The quantitative estimate of drug-likeness (QED) is 0.886. The number of amides is 2. The summed E-state index contributed by atoms with van der Waals surface area (Å²) in [7, 11) is 1.60. The Kier molecular flexibility index (Phi) is 4.60. The number of hydrogen-bond acceptors (Lipinski definition) is 3. The van der Waals surface area contributed by atoms with Gasteiger partial charge >= 0.3 is 0 Å². The predicted molar refractivity (Wildman–Crippen MR) is 104 cm³/mol. The summed E-state index contributed by atoms with van der Waals surface area (Å²) in [5.74, 6) is 0.318. The number of rotatable bonds is 5. The SMILES string of the molecule is COc1cccc(N2CC(C(=O)NC3(c4ccccc4)CCC3)CC2=O)c1. The van der Waals surface area contributed by atoms with Crippen molar-refractivity contribution in [1.29, 1.82) is 0 Å². The Labute approximate surface area is 159 Å². The van der Waals surface area contributed by atoms with E-state index in [9.17, 15) is 9.59 Å². The van der Waals surface area contributed by atoms with Crippen LogP contribution in [0.15, 0.2) is 54.6 Å². The molecular formula is C22H24N2O3. The van der Waals surface area contributed by atoms with E-state index in [0.29, 0.717) is 12.3 Å².